The molecule has 0 aliphatic heterocycles. The van der Waals surface area contributed by atoms with Crippen LogP contribution in [0.15, 0.2) is 83.3 Å². The van der Waals surface area contributed by atoms with Crippen molar-refractivity contribution in [2.45, 2.75) is 6.92 Å². The number of carbonyl (C=O) groups excluding carboxylic acids is 1. The zero-order chi connectivity index (χ0) is 22.9. The van der Waals surface area contributed by atoms with E-state index in [4.69, 9.17) is 28.2 Å². The van der Waals surface area contributed by atoms with Crippen molar-refractivity contribution >= 4 is 62.4 Å². The number of thiocarbonyl (C=S) groups is 1. The maximum Gasteiger partial charge on any atom is 0.258 e. The number of amides is 1. The van der Waals surface area contributed by atoms with E-state index in [2.05, 4.69) is 15.6 Å². The highest BCUT2D eigenvalue weighted by Gasteiger charge is 2.14. The summed E-state index contributed by atoms with van der Waals surface area (Å²) in [5.41, 5.74) is 4.41. The molecule has 4 aromatic carbocycles. The van der Waals surface area contributed by atoms with Gasteiger partial charge in [-0.2, -0.15) is 0 Å². The van der Waals surface area contributed by atoms with Crippen LogP contribution in [-0.4, -0.2) is 16.0 Å². The van der Waals surface area contributed by atoms with Gasteiger partial charge in [-0.3, -0.25) is 10.1 Å². The largest absolute Gasteiger partial charge is 0.436 e. The molecule has 0 bridgehead atoms. The zero-order valence-corrected chi connectivity index (χ0v) is 19.1. The number of anilines is 1. The quantitative estimate of drug-likeness (QED) is 0.285. The lowest BCUT2D eigenvalue weighted by Gasteiger charge is -2.12. The first-order chi connectivity index (χ1) is 16.0. The van der Waals surface area contributed by atoms with Crippen LogP contribution >= 0.6 is 23.8 Å². The van der Waals surface area contributed by atoms with E-state index in [1.807, 2.05) is 67.6 Å². The predicted octanol–water partition coefficient (Wildman–Crippen LogP) is 6.74. The molecule has 0 radical (unpaired) electrons. The molecule has 0 fully saturated rings. The summed E-state index contributed by atoms with van der Waals surface area (Å²) in [5, 5.41) is 8.17. The maximum atomic E-state index is 12.9. The molecule has 33 heavy (non-hydrogen) atoms. The van der Waals surface area contributed by atoms with E-state index >= 15 is 0 Å². The maximum absolute atomic E-state index is 12.9. The van der Waals surface area contributed by atoms with Gasteiger partial charge in [0.2, 0.25) is 5.89 Å². The Labute approximate surface area is 200 Å². The van der Waals surface area contributed by atoms with Gasteiger partial charge in [0.25, 0.3) is 5.91 Å². The fraction of sp³-hybridized carbons (Fsp3) is 0.0385. The molecule has 2 N–H and O–H groups in total. The van der Waals surface area contributed by atoms with Crippen LogP contribution in [0.1, 0.15) is 15.9 Å². The standard InChI is InChI=1S/C26H18ClN3O2S/c1-15-9-12-23-22(13-15)28-25(32-23)17-10-11-20(27)21(14-17)29-26(33)30-24(31)19-8-4-6-16-5-2-3-7-18(16)19/h2-14H,1H3,(H2,29,30,31,33). The first-order valence-corrected chi connectivity index (χ1v) is 11.0. The van der Waals surface area contributed by atoms with Gasteiger partial charge in [0.15, 0.2) is 10.7 Å². The van der Waals surface area contributed by atoms with E-state index in [0.717, 1.165) is 27.4 Å². The first-order valence-electron chi connectivity index (χ1n) is 10.3. The smallest absolute Gasteiger partial charge is 0.258 e. The lowest BCUT2D eigenvalue weighted by atomic mass is 10.0. The second-order valence-corrected chi connectivity index (χ2v) is 8.44. The molecule has 0 saturated carbocycles. The van der Waals surface area contributed by atoms with Crippen molar-refractivity contribution in [3.63, 3.8) is 0 Å². The number of nitrogens with zero attached hydrogens (tertiary/aromatic N) is 1. The minimum atomic E-state index is -0.300. The number of nitrogens with one attached hydrogen (secondary N) is 2. The number of hydrogen-bond donors (Lipinski definition) is 2. The number of rotatable bonds is 3. The molecule has 0 unspecified atom stereocenters. The van der Waals surface area contributed by atoms with Crippen LogP contribution in [0.2, 0.25) is 5.02 Å². The Bertz CT molecular complexity index is 1540. The second-order valence-electron chi connectivity index (χ2n) is 7.62. The lowest BCUT2D eigenvalue weighted by Crippen LogP contribution is -2.34. The van der Waals surface area contributed by atoms with Gasteiger partial charge in [0.1, 0.15) is 5.52 Å². The molecule has 1 aromatic heterocycles. The number of aromatic nitrogens is 1. The summed E-state index contributed by atoms with van der Waals surface area (Å²) >= 11 is 11.8. The fourth-order valence-electron chi connectivity index (χ4n) is 3.66. The normalized spacial score (nSPS) is 11.0. The number of fused-ring (bicyclic) bond motifs is 2. The Morgan fingerprint density at radius 3 is 2.70 bits per heavy atom. The summed E-state index contributed by atoms with van der Waals surface area (Å²) in [6, 6.07) is 24.4. The highest BCUT2D eigenvalue weighted by atomic mass is 35.5. The molecule has 0 aliphatic rings. The molecule has 0 atom stereocenters. The van der Waals surface area contributed by atoms with Crippen LogP contribution in [0.25, 0.3) is 33.3 Å². The van der Waals surface area contributed by atoms with Crippen LogP contribution in [0.5, 0.6) is 0 Å². The average Bonchev–Trinajstić information content (AvgIpc) is 3.23. The summed E-state index contributed by atoms with van der Waals surface area (Å²) in [6.45, 7) is 2.01. The minimum absolute atomic E-state index is 0.139. The van der Waals surface area contributed by atoms with Gasteiger partial charge < -0.3 is 9.73 Å². The van der Waals surface area contributed by atoms with E-state index < -0.39 is 0 Å². The van der Waals surface area contributed by atoms with Gasteiger partial charge in [-0.05, 0) is 71.9 Å². The predicted molar refractivity (Wildman–Crippen MR) is 137 cm³/mol. The van der Waals surface area contributed by atoms with Crippen LogP contribution < -0.4 is 10.6 Å². The SMILES string of the molecule is Cc1ccc2oc(-c3ccc(Cl)c(NC(=S)NC(=O)c4cccc5ccccc45)c3)nc2c1. The van der Waals surface area contributed by atoms with Crippen molar-refractivity contribution in [1.82, 2.24) is 10.3 Å². The molecule has 0 saturated heterocycles. The number of carbonyl (C=O) groups is 1. The van der Waals surface area contributed by atoms with E-state index in [0.29, 0.717) is 27.7 Å². The van der Waals surface area contributed by atoms with E-state index in [9.17, 15) is 4.79 Å². The van der Waals surface area contributed by atoms with Crippen LogP contribution in [0, 0.1) is 6.92 Å². The van der Waals surface area contributed by atoms with Crippen molar-refractivity contribution in [2.24, 2.45) is 0 Å². The Hall–Kier alpha value is -3.74. The number of benzene rings is 4. The van der Waals surface area contributed by atoms with Crippen LogP contribution in [0.3, 0.4) is 0 Å². The molecule has 5 aromatic rings. The van der Waals surface area contributed by atoms with Gasteiger partial charge in [-0.25, -0.2) is 4.98 Å². The third-order valence-electron chi connectivity index (χ3n) is 5.27. The summed E-state index contributed by atoms with van der Waals surface area (Å²) in [7, 11) is 0. The molecule has 1 amide bonds. The van der Waals surface area contributed by atoms with Gasteiger partial charge in [0.05, 0.1) is 10.7 Å². The molecule has 1 heterocycles. The lowest BCUT2D eigenvalue weighted by molar-refractivity contribution is 0.0979. The Balaban J connectivity index is 1.37. The van der Waals surface area contributed by atoms with Crippen LogP contribution in [0.4, 0.5) is 5.69 Å². The van der Waals surface area contributed by atoms with E-state index in [1.54, 1.807) is 18.2 Å². The Kier molecular flexibility index (Phi) is 5.54. The molecular weight excluding hydrogens is 454 g/mol. The van der Waals surface area contributed by atoms with Gasteiger partial charge in [-0.1, -0.05) is 54.1 Å². The molecule has 5 nitrogen and oxygen atoms in total. The van der Waals surface area contributed by atoms with Gasteiger partial charge in [0, 0.05) is 11.1 Å². The minimum Gasteiger partial charge on any atom is -0.436 e. The number of hydrogen-bond acceptors (Lipinski definition) is 4. The van der Waals surface area contributed by atoms with Crippen molar-refractivity contribution in [1.29, 1.82) is 0 Å². The first kappa shape index (κ1) is 21.1. The van der Waals surface area contributed by atoms with E-state index in [1.165, 1.54) is 0 Å². The van der Waals surface area contributed by atoms with Gasteiger partial charge >= 0.3 is 0 Å². The highest BCUT2D eigenvalue weighted by Crippen LogP contribution is 2.30. The zero-order valence-electron chi connectivity index (χ0n) is 17.6. The number of aryl methyl sites for hydroxylation is 1. The summed E-state index contributed by atoms with van der Waals surface area (Å²) < 4.78 is 5.89. The monoisotopic (exact) mass is 471 g/mol. The number of halogens is 1. The highest BCUT2D eigenvalue weighted by molar-refractivity contribution is 7.80. The summed E-state index contributed by atoms with van der Waals surface area (Å²) in [5.74, 6) is 0.173. The molecule has 0 spiro atoms. The Morgan fingerprint density at radius 1 is 1.00 bits per heavy atom. The van der Waals surface area contributed by atoms with Gasteiger partial charge in [-0.15, -0.1) is 0 Å². The third kappa shape index (κ3) is 4.31. The Morgan fingerprint density at radius 2 is 1.82 bits per heavy atom. The second kappa shape index (κ2) is 8.65. The molecule has 162 valence electrons. The van der Waals surface area contributed by atoms with Crippen molar-refractivity contribution in [3.05, 3.63) is 95.0 Å². The van der Waals surface area contributed by atoms with Crippen molar-refractivity contribution in [3.8, 4) is 11.5 Å². The molecule has 0 aliphatic carbocycles. The summed E-state index contributed by atoms with van der Waals surface area (Å²) in [6.07, 6.45) is 0. The van der Waals surface area contributed by atoms with Crippen molar-refractivity contribution in [2.75, 3.05) is 5.32 Å². The molecule has 5 rings (SSSR count). The molecular formula is C26H18ClN3O2S. The van der Waals surface area contributed by atoms with Crippen LogP contribution in [-0.2, 0) is 0 Å². The van der Waals surface area contributed by atoms with E-state index in [-0.39, 0.29) is 11.0 Å². The summed E-state index contributed by atoms with van der Waals surface area (Å²) in [4.78, 5) is 17.4. The topological polar surface area (TPSA) is 67.2 Å². The third-order valence-corrected chi connectivity index (χ3v) is 5.80. The number of oxazole rings is 1. The average molecular weight is 472 g/mol. The molecule has 7 heteroatoms. The fourth-order valence-corrected chi connectivity index (χ4v) is 4.03. The van der Waals surface area contributed by atoms with Crippen molar-refractivity contribution < 1.29 is 9.21 Å².